The molecular formula is C15H21FN2O2. The average molecular weight is 280 g/mol. The molecule has 5 heteroatoms. The second kappa shape index (κ2) is 6.59. The van der Waals surface area contributed by atoms with Crippen LogP contribution in [0.3, 0.4) is 0 Å². The van der Waals surface area contributed by atoms with Crippen molar-refractivity contribution in [1.29, 1.82) is 0 Å². The third-order valence-corrected chi connectivity index (χ3v) is 3.89. The molecule has 0 bridgehead atoms. The van der Waals surface area contributed by atoms with Gasteiger partial charge in [0, 0.05) is 12.2 Å². The highest BCUT2D eigenvalue weighted by Crippen LogP contribution is 2.28. The van der Waals surface area contributed by atoms with Crippen molar-refractivity contribution in [1.82, 2.24) is 0 Å². The highest BCUT2D eigenvalue weighted by Gasteiger charge is 2.16. The summed E-state index contributed by atoms with van der Waals surface area (Å²) in [4.78, 5) is 11.5. The number of halogens is 1. The number of anilines is 2. The van der Waals surface area contributed by atoms with E-state index in [0.717, 1.165) is 18.4 Å². The van der Waals surface area contributed by atoms with Crippen molar-refractivity contribution in [3.05, 3.63) is 23.5 Å². The van der Waals surface area contributed by atoms with Gasteiger partial charge >= 0.3 is 5.97 Å². The Bertz CT molecular complexity index is 485. The van der Waals surface area contributed by atoms with Gasteiger partial charge in [-0.25, -0.2) is 9.18 Å². The maximum atomic E-state index is 13.8. The molecule has 1 aliphatic rings. The first kappa shape index (κ1) is 14.6. The minimum Gasteiger partial charge on any atom is -0.465 e. The molecule has 1 saturated carbocycles. The van der Waals surface area contributed by atoms with Crippen LogP contribution >= 0.6 is 0 Å². The van der Waals surface area contributed by atoms with Crippen molar-refractivity contribution in [3.63, 3.8) is 0 Å². The number of carbonyl (C=O) groups excluding carboxylic acids is 1. The third kappa shape index (κ3) is 3.40. The van der Waals surface area contributed by atoms with Crippen LogP contribution in [0.4, 0.5) is 15.8 Å². The number of nitrogens with two attached hydrogens (primary N) is 1. The summed E-state index contributed by atoms with van der Waals surface area (Å²) in [5, 5.41) is 3.05. The Morgan fingerprint density at radius 3 is 2.80 bits per heavy atom. The minimum absolute atomic E-state index is 0.0932. The molecule has 0 aliphatic heterocycles. The SMILES string of the molecule is COC(=O)c1cc(NCCC2CCCC2)c(F)cc1N. The molecule has 0 radical (unpaired) electrons. The maximum absolute atomic E-state index is 13.8. The van der Waals surface area contributed by atoms with Crippen LogP contribution in [0, 0.1) is 11.7 Å². The van der Waals surface area contributed by atoms with Crippen LogP contribution in [0.25, 0.3) is 0 Å². The van der Waals surface area contributed by atoms with Gasteiger partial charge in [0.2, 0.25) is 0 Å². The first-order valence-electron chi connectivity index (χ1n) is 7.03. The van der Waals surface area contributed by atoms with Crippen LogP contribution in [-0.4, -0.2) is 19.6 Å². The topological polar surface area (TPSA) is 64.3 Å². The van der Waals surface area contributed by atoms with E-state index < -0.39 is 11.8 Å². The molecule has 1 aliphatic carbocycles. The van der Waals surface area contributed by atoms with Gasteiger partial charge in [-0.05, 0) is 24.5 Å². The zero-order chi connectivity index (χ0) is 14.5. The molecule has 1 aromatic rings. The van der Waals surface area contributed by atoms with Crippen molar-refractivity contribution < 1.29 is 13.9 Å². The molecule has 3 N–H and O–H groups in total. The third-order valence-electron chi connectivity index (χ3n) is 3.89. The van der Waals surface area contributed by atoms with Crippen molar-refractivity contribution in [3.8, 4) is 0 Å². The van der Waals surface area contributed by atoms with Gasteiger partial charge in [0.05, 0.1) is 18.4 Å². The quantitative estimate of drug-likeness (QED) is 0.642. The van der Waals surface area contributed by atoms with Gasteiger partial charge in [-0.3, -0.25) is 0 Å². The lowest BCUT2D eigenvalue weighted by Crippen LogP contribution is -2.11. The number of methoxy groups -OCH3 is 1. The molecule has 4 nitrogen and oxygen atoms in total. The second-order valence-corrected chi connectivity index (χ2v) is 5.28. The van der Waals surface area contributed by atoms with Crippen LogP contribution in [-0.2, 0) is 4.74 Å². The number of nitrogens with one attached hydrogen (secondary N) is 1. The van der Waals surface area contributed by atoms with E-state index in [1.54, 1.807) is 0 Å². The summed E-state index contributed by atoms with van der Waals surface area (Å²) >= 11 is 0. The molecule has 2 rings (SSSR count). The fourth-order valence-corrected chi connectivity index (χ4v) is 2.72. The molecule has 0 atom stereocenters. The standard InChI is InChI=1S/C15H21FN2O2/c1-20-15(19)11-8-14(12(16)9-13(11)17)18-7-6-10-4-2-3-5-10/h8-10,18H,2-7,17H2,1H3. The highest BCUT2D eigenvalue weighted by molar-refractivity contribution is 5.96. The molecule has 0 aromatic heterocycles. The van der Waals surface area contributed by atoms with E-state index >= 15 is 0 Å². The van der Waals surface area contributed by atoms with Crippen molar-refractivity contribution >= 4 is 17.3 Å². The Kier molecular flexibility index (Phi) is 4.82. The Morgan fingerprint density at radius 1 is 1.45 bits per heavy atom. The molecule has 1 aromatic carbocycles. The second-order valence-electron chi connectivity index (χ2n) is 5.28. The van der Waals surface area contributed by atoms with E-state index in [2.05, 4.69) is 10.1 Å². The molecular weight excluding hydrogens is 259 g/mol. The molecule has 1 fully saturated rings. The number of nitrogen functional groups attached to an aromatic ring is 1. The van der Waals surface area contributed by atoms with E-state index in [1.165, 1.54) is 38.9 Å². The van der Waals surface area contributed by atoms with E-state index in [-0.39, 0.29) is 11.3 Å². The summed E-state index contributed by atoms with van der Waals surface area (Å²) in [5.41, 5.74) is 6.21. The zero-order valence-electron chi connectivity index (χ0n) is 11.7. The van der Waals surface area contributed by atoms with Crippen LogP contribution in [0.5, 0.6) is 0 Å². The maximum Gasteiger partial charge on any atom is 0.340 e. The molecule has 0 saturated heterocycles. The summed E-state index contributed by atoms with van der Waals surface area (Å²) in [6.07, 6.45) is 6.15. The number of hydrogen-bond acceptors (Lipinski definition) is 4. The summed E-state index contributed by atoms with van der Waals surface area (Å²) in [6.45, 7) is 0.701. The fraction of sp³-hybridized carbons (Fsp3) is 0.533. The smallest absolute Gasteiger partial charge is 0.340 e. The molecule has 20 heavy (non-hydrogen) atoms. The van der Waals surface area contributed by atoms with E-state index in [9.17, 15) is 9.18 Å². The van der Waals surface area contributed by atoms with Gasteiger partial charge in [-0.2, -0.15) is 0 Å². The minimum atomic E-state index is -0.554. The number of carbonyl (C=O) groups is 1. The lowest BCUT2D eigenvalue weighted by atomic mass is 10.0. The van der Waals surface area contributed by atoms with Gasteiger partial charge in [-0.15, -0.1) is 0 Å². The molecule has 0 unspecified atom stereocenters. The summed E-state index contributed by atoms with van der Waals surface area (Å²) < 4.78 is 18.4. The lowest BCUT2D eigenvalue weighted by Gasteiger charge is -2.13. The summed E-state index contributed by atoms with van der Waals surface area (Å²) in [5.74, 6) is -0.262. The number of benzene rings is 1. The van der Waals surface area contributed by atoms with Gasteiger partial charge in [-0.1, -0.05) is 25.7 Å². The number of esters is 1. The van der Waals surface area contributed by atoms with Crippen LogP contribution in [0.1, 0.15) is 42.5 Å². The Hall–Kier alpha value is -1.78. The summed E-state index contributed by atoms with van der Waals surface area (Å²) in [7, 11) is 1.28. The van der Waals surface area contributed by atoms with Gasteiger partial charge in [0.15, 0.2) is 0 Å². The molecule has 0 spiro atoms. The van der Waals surface area contributed by atoms with Crippen LogP contribution < -0.4 is 11.1 Å². The predicted octanol–water partition coefficient (Wildman–Crippen LogP) is 3.19. The Balaban J connectivity index is 2.00. The van der Waals surface area contributed by atoms with Crippen LogP contribution in [0.15, 0.2) is 12.1 Å². The van der Waals surface area contributed by atoms with Gasteiger partial charge < -0.3 is 15.8 Å². The van der Waals surface area contributed by atoms with E-state index in [1.807, 2.05) is 0 Å². The number of ether oxygens (including phenoxy) is 1. The first-order chi connectivity index (χ1) is 9.61. The van der Waals surface area contributed by atoms with Crippen LogP contribution in [0.2, 0.25) is 0 Å². The Morgan fingerprint density at radius 2 is 2.15 bits per heavy atom. The normalized spacial score (nSPS) is 15.3. The van der Waals surface area contributed by atoms with Crippen molar-refractivity contribution in [2.24, 2.45) is 5.92 Å². The lowest BCUT2D eigenvalue weighted by molar-refractivity contribution is 0.0602. The summed E-state index contributed by atoms with van der Waals surface area (Å²) in [6, 6.07) is 2.58. The monoisotopic (exact) mass is 280 g/mol. The average Bonchev–Trinajstić information content (AvgIpc) is 2.93. The highest BCUT2D eigenvalue weighted by atomic mass is 19.1. The Labute approximate surface area is 118 Å². The van der Waals surface area contributed by atoms with Gasteiger partial charge in [0.1, 0.15) is 5.82 Å². The first-order valence-corrected chi connectivity index (χ1v) is 7.03. The van der Waals surface area contributed by atoms with E-state index in [4.69, 9.17) is 5.73 Å². The fourth-order valence-electron chi connectivity index (χ4n) is 2.72. The zero-order valence-corrected chi connectivity index (χ0v) is 11.7. The molecule has 110 valence electrons. The largest absolute Gasteiger partial charge is 0.465 e. The van der Waals surface area contributed by atoms with Crippen molar-refractivity contribution in [2.45, 2.75) is 32.1 Å². The molecule has 0 heterocycles. The molecule has 0 amide bonds. The predicted molar refractivity (Wildman–Crippen MR) is 77.2 cm³/mol. The number of hydrogen-bond donors (Lipinski definition) is 2. The van der Waals surface area contributed by atoms with Crippen molar-refractivity contribution in [2.75, 3.05) is 24.7 Å². The van der Waals surface area contributed by atoms with Gasteiger partial charge in [0.25, 0.3) is 0 Å². The van der Waals surface area contributed by atoms with E-state index in [0.29, 0.717) is 12.2 Å². The number of rotatable bonds is 5.